The predicted molar refractivity (Wildman–Crippen MR) is 98.7 cm³/mol. The van der Waals surface area contributed by atoms with Gasteiger partial charge in [0.05, 0.1) is 5.92 Å². The van der Waals surface area contributed by atoms with E-state index in [0.717, 1.165) is 0 Å². The molecule has 0 saturated carbocycles. The van der Waals surface area contributed by atoms with Gasteiger partial charge in [-0.05, 0) is 37.3 Å². The zero-order valence-electron chi connectivity index (χ0n) is 15.5. The number of hydrogen-bond acceptors (Lipinski definition) is 3. The maximum Gasteiger partial charge on any atom is 0.308 e. The summed E-state index contributed by atoms with van der Waals surface area (Å²) in [7, 11) is 0. The van der Waals surface area contributed by atoms with Gasteiger partial charge >= 0.3 is 5.97 Å². The molecule has 1 unspecified atom stereocenters. The van der Waals surface area contributed by atoms with E-state index in [-0.39, 0.29) is 30.2 Å². The summed E-state index contributed by atoms with van der Waals surface area (Å²) in [6.07, 6.45) is 1.75. The van der Waals surface area contributed by atoms with Crippen LogP contribution in [0.5, 0.6) is 0 Å². The van der Waals surface area contributed by atoms with Gasteiger partial charge in [-0.3, -0.25) is 14.4 Å². The van der Waals surface area contributed by atoms with Gasteiger partial charge in [-0.25, -0.2) is 0 Å². The molecule has 1 fully saturated rings. The fraction of sp³-hybridized carbons (Fsp3) is 0.550. The fourth-order valence-corrected chi connectivity index (χ4v) is 3.32. The van der Waals surface area contributed by atoms with Crippen molar-refractivity contribution >= 4 is 17.8 Å². The highest BCUT2D eigenvalue weighted by atomic mass is 16.4. The Hall–Kier alpha value is -2.37. The average Bonchev–Trinajstić information content (AvgIpc) is 2.64. The quantitative estimate of drug-likeness (QED) is 0.782. The Labute approximate surface area is 154 Å². The van der Waals surface area contributed by atoms with E-state index in [1.807, 2.05) is 32.0 Å². The Balaban J connectivity index is 1.80. The maximum absolute atomic E-state index is 12.4. The highest BCUT2D eigenvalue weighted by Crippen LogP contribution is 2.20. The second-order valence-corrected chi connectivity index (χ2v) is 7.34. The summed E-state index contributed by atoms with van der Waals surface area (Å²) in [5, 5.41) is 12.0. The summed E-state index contributed by atoms with van der Waals surface area (Å²) in [5.41, 5.74) is 0.661. The van der Waals surface area contributed by atoms with Crippen molar-refractivity contribution in [2.24, 2.45) is 17.8 Å². The number of piperidine rings is 1. The monoisotopic (exact) mass is 360 g/mol. The molecule has 0 radical (unpaired) electrons. The number of hydrogen-bond donors (Lipinski definition) is 2. The van der Waals surface area contributed by atoms with Gasteiger partial charge in [0.2, 0.25) is 5.91 Å². The van der Waals surface area contributed by atoms with E-state index in [9.17, 15) is 19.5 Å². The molecular formula is C20H28N2O4. The van der Waals surface area contributed by atoms with Crippen molar-refractivity contribution in [1.82, 2.24) is 10.2 Å². The largest absolute Gasteiger partial charge is 0.481 e. The number of carboxylic acid groups (broad SMARTS) is 1. The van der Waals surface area contributed by atoms with Crippen molar-refractivity contribution in [2.75, 3.05) is 19.6 Å². The number of nitrogens with zero attached hydrogens (tertiary/aromatic N) is 1. The number of amides is 2. The molecule has 0 spiro atoms. The lowest BCUT2D eigenvalue weighted by Gasteiger charge is -2.31. The van der Waals surface area contributed by atoms with Gasteiger partial charge in [-0.15, -0.1) is 0 Å². The molecule has 1 aliphatic heterocycles. The standard InChI is InChI=1S/C20H28N2O4/c1-14(2)12-17(20(25)26)13-21-18(23)15-8-10-22(11-9-15)19(24)16-6-4-3-5-7-16/h3-7,14-15,17H,8-13H2,1-2H3,(H,21,23)(H,25,26). The molecule has 2 N–H and O–H groups in total. The Morgan fingerprint density at radius 3 is 2.31 bits per heavy atom. The number of benzene rings is 1. The van der Waals surface area contributed by atoms with Crippen molar-refractivity contribution in [3.63, 3.8) is 0 Å². The Morgan fingerprint density at radius 2 is 1.77 bits per heavy atom. The van der Waals surface area contributed by atoms with Crippen LogP contribution in [0.1, 0.15) is 43.5 Å². The van der Waals surface area contributed by atoms with Crippen molar-refractivity contribution in [1.29, 1.82) is 0 Å². The first-order valence-electron chi connectivity index (χ1n) is 9.23. The number of carbonyl (C=O) groups is 3. The molecule has 0 aromatic heterocycles. The van der Waals surface area contributed by atoms with Crippen LogP contribution in [0, 0.1) is 17.8 Å². The molecule has 1 atom stereocenters. The molecule has 1 saturated heterocycles. The van der Waals surface area contributed by atoms with Crippen LogP contribution in [0.4, 0.5) is 0 Å². The van der Waals surface area contributed by atoms with E-state index in [4.69, 9.17) is 0 Å². The molecule has 26 heavy (non-hydrogen) atoms. The van der Waals surface area contributed by atoms with E-state index in [1.54, 1.807) is 17.0 Å². The van der Waals surface area contributed by atoms with Gasteiger partial charge in [0.1, 0.15) is 0 Å². The van der Waals surface area contributed by atoms with Crippen molar-refractivity contribution in [2.45, 2.75) is 33.1 Å². The lowest BCUT2D eigenvalue weighted by molar-refractivity contribution is -0.142. The summed E-state index contributed by atoms with van der Waals surface area (Å²) in [6.45, 7) is 5.18. The first-order chi connectivity index (χ1) is 12.4. The number of nitrogens with one attached hydrogen (secondary N) is 1. The number of carbonyl (C=O) groups excluding carboxylic acids is 2. The third-order valence-electron chi connectivity index (χ3n) is 4.80. The van der Waals surface area contributed by atoms with Crippen LogP contribution in [0.3, 0.4) is 0 Å². The summed E-state index contributed by atoms with van der Waals surface area (Å²) in [6, 6.07) is 9.13. The topological polar surface area (TPSA) is 86.7 Å². The highest BCUT2D eigenvalue weighted by molar-refractivity contribution is 5.94. The SMILES string of the molecule is CC(C)CC(CNC(=O)C1CCN(C(=O)c2ccccc2)CC1)C(=O)O. The lowest BCUT2D eigenvalue weighted by Crippen LogP contribution is -2.44. The molecule has 1 heterocycles. The van der Waals surface area contributed by atoms with E-state index >= 15 is 0 Å². The molecule has 1 aromatic carbocycles. The third kappa shape index (κ3) is 5.58. The van der Waals surface area contributed by atoms with E-state index in [2.05, 4.69) is 5.32 Å². The zero-order chi connectivity index (χ0) is 19.1. The lowest BCUT2D eigenvalue weighted by atomic mass is 9.94. The van der Waals surface area contributed by atoms with Crippen molar-refractivity contribution < 1.29 is 19.5 Å². The van der Waals surface area contributed by atoms with Crippen LogP contribution in [-0.4, -0.2) is 47.4 Å². The molecule has 1 aliphatic rings. The molecule has 2 rings (SSSR count). The number of likely N-dealkylation sites (tertiary alicyclic amines) is 1. The normalized spacial score (nSPS) is 16.3. The second kappa shape index (κ2) is 9.36. The van der Waals surface area contributed by atoms with Crippen LogP contribution < -0.4 is 5.32 Å². The molecule has 0 aliphatic carbocycles. The smallest absolute Gasteiger partial charge is 0.308 e. The Morgan fingerprint density at radius 1 is 1.15 bits per heavy atom. The number of aliphatic carboxylic acids is 1. The molecule has 6 heteroatoms. The molecule has 6 nitrogen and oxygen atoms in total. The van der Waals surface area contributed by atoms with Crippen LogP contribution in [-0.2, 0) is 9.59 Å². The second-order valence-electron chi connectivity index (χ2n) is 7.34. The zero-order valence-corrected chi connectivity index (χ0v) is 15.5. The first kappa shape index (κ1) is 19.9. The van der Waals surface area contributed by atoms with Crippen LogP contribution in [0.15, 0.2) is 30.3 Å². The molecule has 2 amide bonds. The van der Waals surface area contributed by atoms with Crippen molar-refractivity contribution in [3.05, 3.63) is 35.9 Å². The minimum atomic E-state index is -0.873. The predicted octanol–water partition coefficient (Wildman–Crippen LogP) is 2.40. The van der Waals surface area contributed by atoms with Gasteiger partial charge < -0.3 is 15.3 Å². The van der Waals surface area contributed by atoms with Gasteiger partial charge in [0.15, 0.2) is 0 Å². The molecular weight excluding hydrogens is 332 g/mol. The van der Waals surface area contributed by atoms with E-state index in [1.165, 1.54) is 0 Å². The van der Waals surface area contributed by atoms with E-state index in [0.29, 0.717) is 37.9 Å². The number of rotatable bonds is 7. The van der Waals surface area contributed by atoms with Crippen molar-refractivity contribution in [3.8, 4) is 0 Å². The third-order valence-corrected chi connectivity index (χ3v) is 4.80. The summed E-state index contributed by atoms with van der Waals surface area (Å²) in [5.74, 6) is -1.44. The number of carboxylic acids is 1. The minimum absolute atomic E-state index is 0.00710. The Kier molecular flexibility index (Phi) is 7.18. The minimum Gasteiger partial charge on any atom is -0.481 e. The van der Waals surface area contributed by atoms with Gasteiger partial charge in [0.25, 0.3) is 5.91 Å². The summed E-state index contributed by atoms with van der Waals surface area (Å²) < 4.78 is 0. The summed E-state index contributed by atoms with van der Waals surface area (Å²) in [4.78, 5) is 37.8. The van der Waals surface area contributed by atoms with Crippen LogP contribution in [0.2, 0.25) is 0 Å². The fourth-order valence-electron chi connectivity index (χ4n) is 3.32. The maximum atomic E-state index is 12.4. The van der Waals surface area contributed by atoms with Gasteiger partial charge in [-0.1, -0.05) is 32.0 Å². The molecule has 1 aromatic rings. The average molecular weight is 360 g/mol. The Bertz CT molecular complexity index is 622. The van der Waals surface area contributed by atoms with Gasteiger partial charge in [0, 0.05) is 31.1 Å². The first-order valence-corrected chi connectivity index (χ1v) is 9.23. The van der Waals surface area contributed by atoms with Gasteiger partial charge in [-0.2, -0.15) is 0 Å². The summed E-state index contributed by atoms with van der Waals surface area (Å²) >= 11 is 0. The van der Waals surface area contributed by atoms with E-state index < -0.39 is 11.9 Å². The molecule has 142 valence electrons. The molecule has 0 bridgehead atoms. The highest BCUT2D eigenvalue weighted by Gasteiger charge is 2.28. The van der Waals surface area contributed by atoms with Crippen LogP contribution in [0.25, 0.3) is 0 Å². The van der Waals surface area contributed by atoms with Crippen LogP contribution >= 0.6 is 0 Å².